The van der Waals surface area contributed by atoms with Crippen LogP contribution in [0.1, 0.15) is 24.6 Å². The minimum Gasteiger partial charge on any atom is -0.297 e. The molecule has 0 fully saturated rings. The minimum absolute atomic E-state index is 0.0349. The van der Waals surface area contributed by atoms with Crippen molar-refractivity contribution in [1.82, 2.24) is 9.38 Å². The van der Waals surface area contributed by atoms with Crippen LogP contribution >= 0.6 is 22.9 Å². The Morgan fingerprint density at radius 2 is 2.10 bits per heavy atom. The summed E-state index contributed by atoms with van der Waals surface area (Å²) in [6.07, 6.45) is 6.05. The molecule has 0 aliphatic rings. The molecule has 2 aromatic heterocycles. The maximum absolute atomic E-state index is 6.35. The smallest absolute Gasteiger partial charge is 0.193 e. The van der Waals surface area contributed by atoms with Gasteiger partial charge in [-0.25, -0.2) is 4.98 Å². The number of imidazole rings is 1. The third kappa shape index (κ3) is 2.36. The van der Waals surface area contributed by atoms with Crippen molar-refractivity contribution in [3.63, 3.8) is 0 Å². The highest BCUT2D eigenvalue weighted by molar-refractivity contribution is 7.15. The van der Waals surface area contributed by atoms with Crippen LogP contribution in [0.25, 0.3) is 4.96 Å². The summed E-state index contributed by atoms with van der Waals surface area (Å²) in [7, 11) is 0. The number of thiazole rings is 1. The molecule has 0 saturated carbocycles. The molecule has 0 spiro atoms. The highest BCUT2D eigenvalue weighted by Crippen LogP contribution is 2.33. The molecule has 20 heavy (non-hydrogen) atoms. The quantitative estimate of drug-likeness (QED) is 0.633. The molecule has 0 radical (unpaired) electrons. The van der Waals surface area contributed by atoms with Gasteiger partial charge in [0.15, 0.2) is 4.96 Å². The fourth-order valence-electron chi connectivity index (χ4n) is 2.65. The summed E-state index contributed by atoms with van der Waals surface area (Å²) in [6, 6.07) is 10.6. The van der Waals surface area contributed by atoms with Crippen molar-refractivity contribution in [3.8, 4) is 0 Å². The van der Waals surface area contributed by atoms with E-state index >= 15 is 0 Å². The molecular formula is C16H17ClN2S. The first kappa shape index (κ1) is 13.7. The number of benzene rings is 1. The first-order chi connectivity index (χ1) is 9.77. The molecule has 2 nitrogen and oxygen atoms in total. The highest BCUT2D eigenvalue weighted by Gasteiger charge is 2.30. The summed E-state index contributed by atoms with van der Waals surface area (Å²) >= 11 is 8.01. The molecule has 3 rings (SSSR count). The zero-order chi connectivity index (χ0) is 14.0. The van der Waals surface area contributed by atoms with Gasteiger partial charge in [0.2, 0.25) is 0 Å². The highest BCUT2D eigenvalue weighted by atomic mass is 35.5. The predicted molar refractivity (Wildman–Crippen MR) is 85.9 cm³/mol. The van der Waals surface area contributed by atoms with Crippen molar-refractivity contribution in [2.75, 3.05) is 5.88 Å². The normalized spacial score (nSPS) is 14.5. The van der Waals surface area contributed by atoms with E-state index in [0.29, 0.717) is 5.88 Å². The van der Waals surface area contributed by atoms with E-state index in [2.05, 4.69) is 47.2 Å². The third-order valence-corrected chi connectivity index (χ3v) is 5.26. The van der Waals surface area contributed by atoms with E-state index < -0.39 is 0 Å². The SMILES string of the molecule is CCC(CCl)(Cc1cn2ccsc2n1)c1ccccc1. The lowest BCUT2D eigenvalue weighted by molar-refractivity contribution is 0.454. The maximum Gasteiger partial charge on any atom is 0.193 e. The topological polar surface area (TPSA) is 17.3 Å². The van der Waals surface area contributed by atoms with Crippen LogP contribution in [0.15, 0.2) is 48.1 Å². The molecule has 0 amide bonds. The zero-order valence-electron chi connectivity index (χ0n) is 11.4. The summed E-state index contributed by atoms with van der Waals surface area (Å²) in [4.78, 5) is 5.75. The number of rotatable bonds is 5. The number of hydrogen-bond acceptors (Lipinski definition) is 2. The Morgan fingerprint density at radius 1 is 1.30 bits per heavy atom. The number of aromatic nitrogens is 2. The van der Waals surface area contributed by atoms with Crippen molar-refractivity contribution < 1.29 is 0 Å². The molecule has 4 heteroatoms. The maximum atomic E-state index is 6.35. The second kappa shape index (κ2) is 5.58. The Morgan fingerprint density at radius 3 is 2.75 bits per heavy atom. The molecule has 1 aromatic carbocycles. The first-order valence-corrected chi connectivity index (χ1v) is 8.21. The number of hydrogen-bond donors (Lipinski definition) is 0. The van der Waals surface area contributed by atoms with Gasteiger partial charge in [-0.3, -0.25) is 4.40 Å². The van der Waals surface area contributed by atoms with Gasteiger partial charge in [0.05, 0.1) is 5.69 Å². The van der Waals surface area contributed by atoms with Gasteiger partial charge in [0.1, 0.15) is 0 Å². The molecule has 0 aliphatic heterocycles. The van der Waals surface area contributed by atoms with Gasteiger partial charge in [-0.1, -0.05) is 37.3 Å². The van der Waals surface area contributed by atoms with E-state index in [-0.39, 0.29) is 5.41 Å². The van der Waals surface area contributed by atoms with Crippen molar-refractivity contribution in [1.29, 1.82) is 0 Å². The van der Waals surface area contributed by atoms with E-state index in [1.165, 1.54) is 5.56 Å². The third-order valence-electron chi connectivity index (χ3n) is 3.98. The minimum atomic E-state index is -0.0349. The van der Waals surface area contributed by atoms with E-state index in [0.717, 1.165) is 23.5 Å². The predicted octanol–water partition coefficient (Wildman–Crippen LogP) is 4.53. The molecule has 0 saturated heterocycles. The molecule has 1 unspecified atom stereocenters. The first-order valence-electron chi connectivity index (χ1n) is 6.80. The van der Waals surface area contributed by atoms with Crippen LogP contribution in [0.4, 0.5) is 0 Å². The summed E-state index contributed by atoms with van der Waals surface area (Å²) in [5, 5.41) is 2.05. The van der Waals surface area contributed by atoms with Gasteiger partial charge in [0, 0.05) is 35.5 Å². The van der Waals surface area contributed by atoms with E-state index in [9.17, 15) is 0 Å². The molecule has 0 aliphatic carbocycles. The zero-order valence-corrected chi connectivity index (χ0v) is 13.0. The number of nitrogens with zero attached hydrogens (tertiary/aromatic N) is 2. The van der Waals surface area contributed by atoms with Gasteiger partial charge in [-0.2, -0.15) is 0 Å². The van der Waals surface area contributed by atoms with Gasteiger partial charge < -0.3 is 0 Å². The molecule has 1 atom stereocenters. The van der Waals surface area contributed by atoms with Crippen molar-refractivity contribution in [3.05, 3.63) is 59.4 Å². The van der Waals surface area contributed by atoms with Gasteiger partial charge in [0.25, 0.3) is 0 Å². The summed E-state index contributed by atoms with van der Waals surface area (Å²) in [5.74, 6) is 0.610. The van der Waals surface area contributed by atoms with E-state index in [1.807, 2.05) is 12.3 Å². The lowest BCUT2D eigenvalue weighted by Crippen LogP contribution is -2.30. The second-order valence-corrected chi connectivity index (χ2v) is 6.28. The molecule has 0 bridgehead atoms. The molecule has 0 N–H and O–H groups in total. The Kier molecular flexibility index (Phi) is 3.81. The Balaban J connectivity index is 1.96. The monoisotopic (exact) mass is 304 g/mol. The van der Waals surface area contributed by atoms with Crippen molar-refractivity contribution in [2.24, 2.45) is 0 Å². The average molecular weight is 305 g/mol. The molecule has 104 valence electrons. The van der Waals surface area contributed by atoms with Crippen LogP contribution in [0.2, 0.25) is 0 Å². The lowest BCUT2D eigenvalue weighted by atomic mass is 9.76. The number of fused-ring (bicyclic) bond motifs is 1. The number of alkyl halides is 1. The van der Waals surface area contributed by atoms with Crippen LogP contribution in [0.3, 0.4) is 0 Å². The number of halogens is 1. The summed E-state index contributed by atoms with van der Waals surface area (Å²) < 4.78 is 2.08. The van der Waals surface area contributed by atoms with Gasteiger partial charge in [-0.05, 0) is 12.0 Å². The summed E-state index contributed by atoms with van der Waals surface area (Å²) in [6.45, 7) is 2.20. The van der Waals surface area contributed by atoms with Crippen LogP contribution in [-0.2, 0) is 11.8 Å². The standard InChI is InChI=1S/C16H17ClN2S/c1-2-16(12-17,13-6-4-3-5-7-13)10-14-11-19-8-9-20-15(19)18-14/h3-9,11H,2,10,12H2,1H3. The van der Waals surface area contributed by atoms with Crippen LogP contribution in [0, 0.1) is 0 Å². The Hall–Kier alpha value is -1.32. The summed E-state index contributed by atoms with van der Waals surface area (Å²) in [5.41, 5.74) is 2.38. The molecule has 2 heterocycles. The lowest BCUT2D eigenvalue weighted by Gasteiger charge is -2.30. The largest absolute Gasteiger partial charge is 0.297 e. The van der Waals surface area contributed by atoms with Crippen molar-refractivity contribution >= 4 is 27.9 Å². The van der Waals surface area contributed by atoms with E-state index in [4.69, 9.17) is 16.6 Å². The Bertz CT molecular complexity index is 654. The fraction of sp³-hybridized carbons (Fsp3) is 0.312. The molecular weight excluding hydrogens is 288 g/mol. The van der Waals surface area contributed by atoms with Crippen LogP contribution in [-0.4, -0.2) is 15.3 Å². The van der Waals surface area contributed by atoms with Crippen LogP contribution < -0.4 is 0 Å². The van der Waals surface area contributed by atoms with Gasteiger partial charge >= 0.3 is 0 Å². The molecule has 3 aromatic rings. The second-order valence-electron chi connectivity index (χ2n) is 5.14. The van der Waals surface area contributed by atoms with E-state index in [1.54, 1.807) is 11.3 Å². The van der Waals surface area contributed by atoms with Gasteiger partial charge in [-0.15, -0.1) is 22.9 Å². The average Bonchev–Trinajstić information content (AvgIpc) is 3.07. The van der Waals surface area contributed by atoms with Crippen LogP contribution in [0.5, 0.6) is 0 Å². The Labute approximate surface area is 128 Å². The fourth-order valence-corrected chi connectivity index (χ4v) is 3.81. The van der Waals surface area contributed by atoms with Crippen molar-refractivity contribution in [2.45, 2.75) is 25.2 Å².